The van der Waals surface area contributed by atoms with Crippen molar-refractivity contribution >= 4 is 5.97 Å². The van der Waals surface area contributed by atoms with E-state index in [4.69, 9.17) is 4.74 Å². The van der Waals surface area contributed by atoms with Gasteiger partial charge < -0.3 is 4.74 Å². The van der Waals surface area contributed by atoms with Crippen LogP contribution in [0.3, 0.4) is 0 Å². The molecule has 4 unspecified atom stereocenters. The van der Waals surface area contributed by atoms with Gasteiger partial charge in [-0.2, -0.15) is 4.39 Å². The number of carbonyl (C=O) groups is 1. The number of ether oxygens (including phenoxy) is 1. The van der Waals surface area contributed by atoms with E-state index in [-0.39, 0.29) is 23.5 Å². The van der Waals surface area contributed by atoms with Crippen molar-refractivity contribution in [3.8, 4) is 5.75 Å². The van der Waals surface area contributed by atoms with E-state index in [1.807, 2.05) is 25.2 Å². The molecular formula is C30H32F4O2. The minimum absolute atomic E-state index is 0.118. The third-order valence-corrected chi connectivity index (χ3v) is 7.90. The van der Waals surface area contributed by atoms with E-state index in [2.05, 4.69) is 6.58 Å². The Morgan fingerprint density at radius 1 is 0.944 bits per heavy atom. The van der Waals surface area contributed by atoms with Crippen molar-refractivity contribution in [2.45, 2.75) is 64.2 Å². The van der Waals surface area contributed by atoms with Crippen LogP contribution in [0.2, 0.25) is 0 Å². The number of rotatable bonds is 7. The molecule has 0 aliphatic heterocycles. The quantitative estimate of drug-likeness (QED) is 0.165. The van der Waals surface area contributed by atoms with Gasteiger partial charge in [0.15, 0.2) is 23.2 Å². The zero-order valence-corrected chi connectivity index (χ0v) is 20.5. The molecule has 4 rings (SSSR count). The SMILES string of the molecule is C=CC1CCC2CC(c3ccc(C(=O)Oc4ccc(CC/C=C/C)c(F)c4F)c(F)c3F)CCC2C1. The van der Waals surface area contributed by atoms with Crippen LogP contribution in [0.15, 0.2) is 49.1 Å². The van der Waals surface area contributed by atoms with E-state index < -0.39 is 40.6 Å². The molecule has 2 aliphatic rings. The highest BCUT2D eigenvalue weighted by molar-refractivity contribution is 5.91. The van der Waals surface area contributed by atoms with E-state index in [9.17, 15) is 18.0 Å². The highest BCUT2D eigenvalue weighted by atomic mass is 19.2. The highest BCUT2D eigenvalue weighted by Crippen LogP contribution is 2.48. The average Bonchev–Trinajstić information content (AvgIpc) is 2.89. The van der Waals surface area contributed by atoms with Crippen LogP contribution >= 0.6 is 0 Å². The van der Waals surface area contributed by atoms with Crippen molar-refractivity contribution < 1.29 is 27.1 Å². The van der Waals surface area contributed by atoms with Crippen LogP contribution in [0.5, 0.6) is 5.75 Å². The largest absolute Gasteiger partial charge is 0.420 e. The fourth-order valence-electron chi connectivity index (χ4n) is 5.86. The molecule has 0 saturated heterocycles. The average molecular weight is 501 g/mol. The summed E-state index contributed by atoms with van der Waals surface area (Å²) in [5, 5.41) is 0. The lowest BCUT2D eigenvalue weighted by Crippen LogP contribution is -2.30. The summed E-state index contributed by atoms with van der Waals surface area (Å²) in [5.74, 6) is -5.30. The standard InChI is InChI=1S/C30H32F4O2/c1-3-5-6-7-19-12-15-25(29(34)26(19)31)36-30(35)24-14-13-23(27(32)28(24)33)22-11-10-20-16-18(4-2)8-9-21(20)17-22/h3-5,12-15,18,20-22H,2,6-11,16-17H2,1H3/b5-3+. The monoisotopic (exact) mass is 500 g/mol. The van der Waals surface area contributed by atoms with Gasteiger partial charge in [-0.15, -0.1) is 6.58 Å². The Hall–Kier alpha value is -2.89. The Labute approximate surface area is 210 Å². The van der Waals surface area contributed by atoms with Crippen molar-refractivity contribution in [3.05, 3.63) is 89.0 Å². The van der Waals surface area contributed by atoms with Crippen molar-refractivity contribution in [1.82, 2.24) is 0 Å². The molecule has 0 spiro atoms. The van der Waals surface area contributed by atoms with Gasteiger partial charge in [-0.05, 0) is 105 Å². The van der Waals surface area contributed by atoms with Gasteiger partial charge in [0, 0.05) is 0 Å². The number of halogens is 4. The lowest BCUT2D eigenvalue weighted by molar-refractivity contribution is 0.0720. The van der Waals surface area contributed by atoms with Gasteiger partial charge in [0.1, 0.15) is 0 Å². The molecule has 2 saturated carbocycles. The summed E-state index contributed by atoms with van der Waals surface area (Å²) in [6.07, 6.45) is 12.2. The number of fused-ring (bicyclic) bond motifs is 1. The van der Waals surface area contributed by atoms with Gasteiger partial charge in [0.25, 0.3) is 0 Å². The maximum atomic E-state index is 15.1. The molecule has 0 radical (unpaired) electrons. The molecule has 0 heterocycles. The highest BCUT2D eigenvalue weighted by Gasteiger charge is 2.36. The van der Waals surface area contributed by atoms with Crippen molar-refractivity contribution in [2.75, 3.05) is 0 Å². The van der Waals surface area contributed by atoms with Gasteiger partial charge in [-0.25, -0.2) is 18.0 Å². The van der Waals surface area contributed by atoms with Crippen LogP contribution in [-0.2, 0) is 6.42 Å². The van der Waals surface area contributed by atoms with Crippen LogP contribution in [0.1, 0.15) is 79.3 Å². The molecule has 0 N–H and O–H groups in total. The number of carbonyl (C=O) groups excluding carboxylic acids is 1. The molecule has 2 aliphatic carbocycles. The Balaban J connectivity index is 1.47. The summed E-state index contributed by atoms with van der Waals surface area (Å²) in [7, 11) is 0. The maximum Gasteiger partial charge on any atom is 0.346 e. The molecule has 0 bridgehead atoms. The summed E-state index contributed by atoms with van der Waals surface area (Å²) in [4.78, 5) is 12.5. The van der Waals surface area contributed by atoms with Crippen molar-refractivity contribution in [1.29, 1.82) is 0 Å². The third-order valence-electron chi connectivity index (χ3n) is 7.90. The van der Waals surface area contributed by atoms with Gasteiger partial charge >= 0.3 is 5.97 Å². The predicted octanol–water partition coefficient (Wildman–Crippen LogP) is 8.46. The fourth-order valence-corrected chi connectivity index (χ4v) is 5.86. The minimum Gasteiger partial charge on any atom is -0.420 e. The molecule has 2 nitrogen and oxygen atoms in total. The number of hydrogen-bond donors (Lipinski definition) is 0. The predicted molar refractivity (Wildman–Crippen MR) is 132 cm³/mol. The molecule has 0 aromatic heterocycles. The molecule has 192 valence electrons. The first-order valence-corrected chi connectivity index (χ1v) is 12.7. The molecular weight excluding hydrogens is 468 g/mol. The zero-order chi connectivity index (χ0) is 25.8. The van der Waals surface area contributed by atoms with E-state index in [1.165, 1.54) is 18.2 Å². The summed E-state index contributed by atoms with van der Waals surface area (Å²) in [6, 6.07) is 5.06. The van der Waals surface area contributed by atoms with Crippen LogP contribution in [0, 0.1) is 41.0 Å². The van der Waals surface area contributed by atoms with E-state index in [0.717, 1.165) is 44.6 Å². The Morgan fingerprint density at radius 3 is 2.44 bits per heavy atom. The Kier molecular flexibility index (Phi) is 8.32. The number of benzene rings is 2. The first kappa shape index (κ1) is 26.2. The fraction of sp³-hybridized carbons (Fsp3) is 0.433. The summed E-state index contributed by atoms with van der Waals surface area (Å²) in [5.41, 5.74) is -0.246. The second-order valence-electron chi connectivity index (χ2n) is 10.0. The maximum absolute atomic E-state index is 15.1. The Morgan fingerprint density at radius 2 is 1.69 bits per heavy atom. The van der Waals surface area contributed by atoms with Gasteiger partial charge in [0.05, 0.1) is 5.56 Å². The summed E-state index contributed by atoms with van der Waals surface area (Å²) < 4.78 is 63.8. The molecule has 4 atom stereocenters. The smallest absolute Gasteiger partial charge is 0.346 e. The summed E-state index contributed by atoms with van der Waals surface area (Å²) >= 11 is 0. The molecule has 2 fully saturated rings. The molecule has 36 heavy (non-hydrogen) atoms. The summed E-state index contributed by atoms with van der Waals surface area (Å²) in [6.45, 7) is 5.74. The van der Waals surface area contributed by atoms with Crippen molar-refractivity contribution in [3.63, 3.8) is 0 Å². The number of hydrogen-bond acceptors (Lipinski definition) is 2. The molecule has 2 aromatic rings. The van der Waals surface area contributed by atoms with Gasteiger partial charge in [-0.3, -0.25) is 0 Å². The van der Waals surface area contributed by atoms with Gasteiger partial charge in [-0.1, -0.05) is 30.4 Å². The van der Waals surface area contributed by atoms with E-state index in [1.54, 1.807) is 0 Å². The lowest BCUT2D eigenvalue weighted by Gasteiger charge is -2.41. The van der Waals surface area contributed by atoms with E-state index >= 15 is 4.39 Å². The van der Waals surface area contributed by atoms with Crippen LogP contribution in [0.25, 0.3) is 0 Å². The van der Waals surface area contributed by atoms with Crippen molar-refractivity contribution in [2.24, 2.45) is 17.8 Å². The normalized spacial score (nSPS) is 23.9. The second-order valence-corrected chi connectivity index (χ2v) is 10.0. The second kappa shape index (κ2) is 11.4. The lowest BCUT2D eigenvalue weighted by atomic mass is 9.64. The topological polar surface area (TPSA) is 26.3 Å². The van der Waals surface area contributed by atoms with E-state index in [0.29, 0.717) is 24.2 Å². The molecule has 2 aromatic carbocycles. The van der Waals surface area contributed by atoms with Crippen LogP contribution in [-0.4, -0.2) is 5.97 Å². The van der Waals surface area contributed by atoms with Crippen LogP contribution in [0.4, 0.5) is 17.6 Å². The number of allylic oxidation sites excluding steroid dienone is 3. The number of aryl methyl sites for hydroxylation is 1. The third kappa shape index (κ3) is 5.42. The molecule has 0 amide bonds. The van der Waals surface area contributed by atoms with Gasteiger partial charge in [0.2, 0.25) is 5.82 Å². The Bertz CT molecular complexity index is 1160. The first-order valence-electron chi connectivity index (χ1n) is 12.7. The first-order chi connectivity index (χ1) is 17.3. The molecule has 6 heteroatoms. The number of esters is 1. The minimum atomic E-state index is -1.33. The zero-order valence-electron chi connectivity index (χ0n) is 20.5. The van der Waals surface area contributed by atoms with Crippen LogP contribution < -0.4 is 4.74 Å².